The second-order valence-corrected chi connectivity index (χ2v) is 4.54. The lowest BCUT2D eigenvalue weighted by Crippen LogP contribution is -2.52. The average Bonchev–Trinajstić information content (AvgIpc) is 2.43. The molecule has 2 fully saturated rings. The lowest BCUT2D eigenvalue weighted by Gasteiger charge is -2.31. The van der Waals surface area contributed by atoms with Gasteiger partial charge in [-0.3, -0.25) is 0 Å². The number of ether oxygens (including phenoxy) is 2. The van der Waals surface area contributed by atoms with Crippen molar-refractivity contribution in [2.24, 2.45) is 0 Å². The maximum absolute atomic E-state index is 8.88. The number of hydrogen-bond donors (Lipinski definition) is 8. The second kappa shape index (κ2) is 7.56. The smallest absolute Gasteiger partial charge is 0.183 e. The van der Waals surface area contributed by atoms with Crippen LogP contribution < -0.4 is 0 Å². The van der Waals surface area contributed by atoms with Crippen LogP contribution in [0, 0.1) is 0 Å². The van der Waals surface area contributed by atoms with Crippen LogP contribution in [0.5, 0.6) is 0 Å². The summed E-state index contributed by atoms with van der Waals surface area (Å²) in [6.07, 6.45) is -10.5. The standard InChI is InChI=1S/2C5H10O5/c2*6-2-1-10-5(9)4(8)3(2)7/h2*2-9H,1H2/t2*2-,3+,4-,5-/m11/s1. The van der Waals surface area contributed by atoms with E-state index in [1.807, 2.05) is 0 Å². The van der Waals surface area contributed by atoms with E-state index >= 15 is 0 Å². The predicted octanol–water partition coefficient (Wildman–Crippen LogP) is -5.16. The summed E-state index contributed by atoms with van der Waals surface area (Å²) in [6.45, 7) is -0.307. The van der Waals surface area contributed by atoms with Crippen LogP contribution in [-0.4, -0.2) is 103 Å². The molecule has 0 aliphatic carbocycles. The van der Waals surface area contributed by atoms with Gasteiger partial charge < -0.3 is 50.3 Å². The fourth-order valence-electron chi connectivity index (χ4n) is 1.58. The highest BCUT2D eigenvalue weighted by Crippen LogP contribution is 2.13. The van der Waals surface area contributed by atoms with Crippen LogP contribution in [-0.2, 0) is 9.47 Å². The van der Waals surface area contributed by atoms with E-state index in [0.717, 1.165) is 0 Å². The number of hydrogen-bond acceptors (Lipinski definition) is 10. The van der Waals surface area contributed by atoms with Crippen LogP contribution in [0.15, 0.2) is 0 Å². The second-order valence-electron chi connectivity index (χ2n) is 4.54. The van der Waals surface area contributed by atoms with E-state index in [9.17, 15) is 0 Å². The van der Waals surface area contributed by atoms with Gasteiger partial charge >= 0.3 is 0 Å². The summed E-state index contributed by atoms with van der Waals surface area (Å²) in [5.74, 6) is 0. The highest BCUT2D eigenvalue weighted by atomic mass is 16.6. The van der Waals surface area contributed by atoms with Gasteiger partial charge in [0.05, 0.1) is 13.2 Å². The highest BCUT2D eigenvalue weighted by molar-refractivity contribution is 4.81. The fourth-order valence-corrected chi connectivity index (χ4v) is 1.58. The summed E-state index contributed by atoms with van der Waals surface area (Å²) in [5.41, 5.74) is 0. The molecule has 0 saturated carbocycles. The molecule has 120 valence electrons. The monoisotopic (exact) mass is 300 g/mol. The maximum Gasteiger partial charge on any atom is 0.183 e. The Hall–Kier alpha value is -0.400. The van der Waals surface area contributed by atoms with Crippen molar-refractivity contribution in [2.45, 2.75) is 49.2 Å². The zero-order valence-electron chi connectivity index (χ0n) is 10.4. The highest BCUT2D eigenvalue weighted by Gasteiger charge is 2.36. The van der Waals surface area contributed by atoms with Gasteiger partial charge in [0.1, 0.15) is 36.6 Å². The largest absolute Gasteiger partial charge is 0.388 e. The minimum Gasteiger partial charge on any atom is -0.388 e. The van der Waals surface area contributed by atoms with Crippen molar-refractivity contribution >= 4 is 0 Å². The van der Waals surface area contributed by atoms with Crippen LogP contribution in [0.4, 0.5) is 0 Å². The Balaban J connectivity index is 0.000000200. The molecule has 0 bridgehead atoms. The Labute approximate surface area is 114 Å². The average molecular weight is 300 g/mol. The van der Waals surface area contributed by atoms with Crippen LogP contribution in [0.3, 0.4) is 0 Å². The topological polar surface area (TPSA) is 180 Å². The van der Waals surface area contributed by atoms with Crippen molar-refractivity contribution in [1.82, 2.24) is 0 Å². The molecule has 0 spiro atoms. The van der Waals surface area contributed by atoms with E-state index in [2.05, 4.69) is 9.47 Å². The van der Waals surface area contributed by atoms with Crippen LogP contribution in [0.25, 0.3) is 0 Å². The van der Waals surface area contributed by atoms with Gasteiger partial charge in [-0.2, -0.15) is 0 Å². The third kappa shape index (κ3) is 4.30. The summed E-state index contributed by atoms with van der Waals surface area (Å²) in [7, 11) is 0. The van der Waals surface area contributed by atoms with E-state index in [0.29, 0.717) is 0 Å². The third-order valence-corrected chi connectivity index (χ3v) is 2.95. The molecule has 2 rings (SSSR count). The first-order chi connectivity index (χ1) is 9.25. The molecule has 8 N–H and O–H groups in total. The summed E-state index contributed by atoms with van der Waals surface area (Å²) in [5, 5.41) is 70.5. The zero-order chi connectivity index (χ0) is 15.4. The van der Waals surface area contributed by atoms with Crippen molar-refractivity contribution < 1.29 is 50.3 Å². The minimum atomic E-state index is -1.41. The summed E-state index contributed by atoms with van der Waals surface area (Å²) in [4.78, 5) is 0. The van der Waals surface area contributed by atoms with Gasteiger partial charge in [0.15, 0.2) is 12.6 Å². The van der Waals surface area contributed by atoms with Crippen molar-refractivity contribution in [3.63, 3.8) is 0 Å². The molecule has 8 atom stereocenters. The van der Waals surface area contributed by atoms with Crippen molar-refractivity contribution in [1.29, 1.82) is 0 Å². The Kier molecular flexibility index (Phi) is 6.68. The van der Waals surface area contributed by atoms with E-state index < -0.39 is 49.2 Å². The molecule has 2 aliphatic heterocycles. The van der Waals surface area contributed by atoms with Gasteiger partial charge in [-0.15, -0.1) is 0 Å². The van der Waals surface area contributed by atoms with Gasteiger partial charge in [-0.25, -0.2) is 0 Å². The van der Waals surface area contributed by atoms with Crippen molar-refractivity contribution in [2.75, 3.05) is 13.2 Å². The van der Waals surface area contributed by atoms with Crippen molar-refractivity contribution in [3.05, 3.63) is 0 Å². The Morgan fingerprint density at radius 3 is 1.05 bits per heavy atom. The molecule has 0 aromatic heterocycles. The van der Waals surface area contributed by atoms with E-state index in [4.69, 9.17) is 40.9 Å². The van der Waals surface area contributed by atoms with Gasteiger partial charge in [0.25, 0.3) is 0 Å². The lowest BCUT2D eigenvalue weighted by molar-refractivity contribution is -0.252. The third-order valence-electron chi connectivity index (χ3n) is 2.95. The molecule has 0 aromatic rings. The predicted molar refractivity (Wildman–Crippen MR) is 60.0 cm³/mol. The van der Waals surface area contributed by atoms with Gasteiger partial charge in [0.2, 0.25) is 0 Å². The van der Waals surface area contributed by atoms with E-state index in [1.165, 1.54) is 0 Å². The first-order valence-electron chi connectivity index (χ1n) is 5.93. The Bertz CT molecular complexity index is 233. The fraction of sp³-hybridized carbons (Fsp3) is 1.00. The molecule has 2 heterocycles. The maximum atomic E-state index is 8.88. The van der Waals surface area contributed by atoms with E-state index in [-0.39, 0.29) is 13.2 Å². The number of rotatable bonds is 0. The van der Waals surface area contributed by atoms with E-state index in [1.54, 1.807) is 0 Å². The molecule has 0 aromatic carbocycles. The lowest BCUT2D eigenvalue weighted by atomic mass is 10.1. The Morgan fingerprint density at radius 2 is 0.800 bits per heavy atom. The number of aliphatic hydroxyl groups excluding tert-OH is 8. The first-order valence-corrected chi connectivity index (χ1v) is 5.93. The molecule has 2 aliphatic rings. The van der Waals surface area contributed by atoms with Gasteiger partial charge in [-0.1, -0.05) is 0 Å². The van der Waals surface area contributed by atoms with Crippen LogP contribution in [0.1, 0.15) is 0 Å². The SMILES string of the molecule is O[C@@H]1[C@@H](O)[C@H](O)OC[C@H]1O.O[C@@H]1[C@@H](O)[C@H](O)OC[C@H]1O. The van der Waals surface area contributed by atoms with Crippen LogP contribution in [0.2, 0.25) is 0 Å². The summed E-state index contributed by atoms with van der Waals surface area (Å²) < 4.78 is 8.94. The molecular formula is C10H20O10. The Morgan fingerprint density at radius 1 is 0.500 bits per heavy atom. The molecule has 20 heavy (non-hydrogen) atoms. The number of aliphatic hydroxyl groups is 8. The summed E-state index contributed by atoms with van der Waals surface area (Å²) >= 11 is 0. The molecule has 0 amide bonds. The van der Waals surface area contributed by atoms with Crippen LogP contribution >= 0.6 is 0 Å². The minimum absolute atomic E-state index is 0.153. The molecule has 10 nitrogen and oxygen atoms in total. The first kappa shape index (κ1) is 17.7. The zero-order valence-corrected chi connectivity index (χ0v) is 10.4. The molecule has 2 saturated heterocycles. The van der Waals surface area contributed by atoms with Gasteiger partial charge in [-0.05, 0) is 0 Å². The van der Waals surface area contributed by atoms with Crippen molar-refractivity contribution in [3.8, 4) is 0 Å². The molecule has 0 radical (unpaired) electrons. The molecule has 10 heteroatoms. The summed E-state index contributed by atoms with van der Waals surface area (Å²) in [6, 6.07) is 0. The van der Waals surface area contributed by atoms with Gasteiger partial charge in [0, 0.05) is 0 Å². The molecule has 0 unspecified atom stereocenters. The quantitative estimate of drug-likeness (QED) is 0.215. The normalized spacial score (nSPS) is 49.2. The molecular weight excluding hydrogens is 280 g/mol.